The van der Waals surface area contributed by atoms with Crippen molar-refractivity contribution >= 4 is 23.7 Å². The normalized spacial score (nSPS) is 16.6. The maximum Gasteiger partial charge on any atom is 0.115 e. The molecule has 2 aromatic rings. The van der Waals surface area contributed by atoms with Crippen molar-refractivity contribution in [1.82, 2.24) is 9.55 Å². The zero-order valence-corrected chi connectivity index (χ0v) is 13.6. The number of imidazole rings is 1. The van der Waals surface area contributed by atoms with E-state index in [1.165, 1.54) is 30.6 Å². The molecule has 0 atom stereocenters. The van der Waals surface area contributed by atoms with Gasteiger partial charge in [-0.1, -0.05) is 27.2 Å². The summed E-state index contributed by atoms with van der Waals surface area (Å²) >= 11 is 4.45. The number of nitrogens with zero attached hydrogens (tertiary/aromatic N) is 2. The smallest absolute Gasteiger partial charge is 0.115 e. The molecule has 0 amide bonds. The van der Waals surface area contributed by atoms with Gasteiger partial charge in [-0.2, -0.15) is 0 Å². The first-order valence-electron chi connectivity index (χ1n) is 7.71. The summed E-state index contributed by atoms with van der Waals surface area (Å²) in [5.74, 6) is 2.08. The third-order valence-electron chi connectivity index (χ3n) is 4.89. The van der Waals surface area contributed by atoms with Crippen molar-refractivity contribution in [2.75, 3.05) is 0 Å². The second-order valence-corrected chi connectivity index (χ2v) is 7.27. The van der Waals surface area contributed by atoms with Crippen LogP contribution in [0.2, 0.25) is 0 Å². The lowest BCUT2D eigenvalue weighted by Crippen LogP contribution is -2.26. The predicted molar refractivity (Wildman–Crippen MR) is 87.6 cm³/mol. The Kier molecular flexibility index (Phi) is 3.57. The Morgan fingerprint density at radius 3 is 2.70 bits per heavy atom. The number of thiol groups is 1. The molecule has 3 rings (SSSR count). The Morgan fingerprint density at radius 1 is 1.35 bits per heavy atom. The van der Waals surface area contributed by atoms with Crippen molar-refractivity contribution in [3.8, 4) is 0 Å². The summed E-state index contributed by atoms with van der Waals surface area (Å²) in [4.78, 5) is 5.93. The molecule has 1 aliphatic carbocycles. The quantitative estimate of drug-likeness (QED) is 0.799. The first-order chi connectivity index (χ1) is 9.51. The van der Waals surface area contributed by atoms with Crippen LogP contribution >= 0.6 is 12.6 Å². The minimum Gasteiger partial charge on any atom is -0.327 e. The maximum absolute atomic E-state index is 4.94. The lowest BCUT2D eigenvalue weighted by molar-refractivity contribution is 0.270. The predicted octanol–water partition coefficient (Wildman–Crippen LogP) is 4.81. The van der Waals surface area contributed by atoms with Crippen molar-refractivity contribution in [2.24, 2.45) is 5.92 Å². The van der Waals surface area contributed by atoms with Crippen molar-refractivity contribution < 1.29 is 0 Å². The second-order valence-electron chi connectivity index (χ2n) is 6.75. The number of rotatable bonds is 4. The molecule has 1 fully saturated rings. The second kappa shape index (κ2) is 5.10. The number of aromatic nitrogens is 2. The largest absolute Gasteiger partial charge is 0.327 e. The minimum absolute atomic E-state index is 0.125. The summed E-state index contributed by atoms with van der Waals surface area (Å²) in [7, 11) is 0. The average Bonchev–Trinajstić information content (AvgIpc) is 2.72. The molecule has 3 heteroatoms. The van der Waals surface area contributed by atoms with Gasteiger partial charge in [0.05, 0.1) is 11.0 Å². The Morgan fingerprint density at radius 2 is 2.10 bits per heavy atom. The molecular weight excluding hydrogens is 264 g/mol. The zero-order chi connectivity index (χ0) is 14.3. The molecule has 0 unspecified atom stereocenters. The number of fused-ring (bicyclic) bond motifs is 1. The van der Waals surface area contributed by atoms with E-state index < -0.39 is 0 Å². The van der Waals surface area contributed by atoms with E-state index in [4.69, 9.17) is 4.98 Å². The molecule has 20 heavy (non-hydrogen) atoms. The van der Waals surface area contributed by atoms with Gasteiger partial charge >= 0.3 is 0 Å². The van der Waals surface area contributed by atoms with Gasteiger partial charge in [-0.3, -0.25) is 0 Å². The molecule has 1 aromatic carbocycles. The summed E-state index contributed by atoms with van der Waals surface area (Å²) in [6.45, 7) is 7.97. The summed E-state index contributed by atoms with van der Waals surface area (Å²) < 4.78 is 2.47. The molecule has 0 N–H and O–H groups in total. The number of benzene rings is 1. The van der Waals surface area contributed by atoms with Gasteiger partial charge in [0.15, 0.2) is 0 Å². The van der Waals surface area contributed by atoms with Crippen molar-refractivity contribution in [3.05, 3.63) is 24.0 Å². The highest BCUT2D eigenvalue weighted by Crippen LogP contribution is 2.34. The van der Waals surface area contributed by atoms with Gasteiger partial charge in [0.1, 0.15) is 5.82 Å². The molecule has 0 aliphatic heterocycles. The minimum atomic E-state index is 0.125. The molecular formula is C17H24N2S. The van der Waals surface area contributed by atoms with Crippen LogP contribution in [0.4, 0.5) is 0 Å². The highest BCUT2D eigenvalue weighted by molar-refractivity contribution is 7.80. The first-order valence-corrected chi connectivity index (χ1v) is 8.15. The van der Waals surface area contributed by atoms with E-state index in [1.807, 2.05) is 0 Å². The van der Waals surface area contributed by atoms with Crippen molar-refractivity contribution in [3.63, 3.8) is 0 Å². The van der Waals surface area contributed by atoms with Crippen LogP contribution in [0.15, 0.2) is 23.1 Å². The molecule has 108 valence electrons. The van der Waals surface area contributed by atoms with E-state index >= 15 is 0 Å². The number of hydrogen-bond donors (Lipinski definition) is 1. The van der Waals surface area contributed by atoms with E-state index in [0.29, 0.717) is 0 Å². The van der Waals surface area contributed by atoms with E-state index in [0.717, 1.165) is 29.3 Å². The molecule has 1 saturated carbocycles. The van der Waals surface area contributed by atoms with E-state index in [9.17, 15) is 0 Å². The summed E-state index contributed by atoms with van der Waals surface area (Å²) in [5.41, 5.74) is 2.49. The van der Waals surface area contributed by atoms with Crippen LogP contribution in [0.25, 0.3) is 11.0 Å². The van der Waals surface area contributed by atoms with Crippen LogP contribution in [0.5, 0.6) is 0 Å². The zero-order valence-electron chi connectivity index (χ0n) is 12.7. The van der Waals surface area contributed by atoms with E-state index in [2.05, 4.69) is 56.2 Å². The van der Waals surface area contributed by atoms with Gasteiger partial charge in [-0.25, -0.2) is 4.98 Å². The summed E-state index contributed by atoms with van der Waals surface area (Å²) in [6, 6.07) is 6.34. The van der Waals surface area contributed by atoms with Crippen LogP contribution in [0, 0.1) is 5.92 Å². The molecule has 0 spiro atoms. The van der Waals surface area contributed by atoms with Gasteiger partial charge in [-0.15, -0.1) is 12.6 Å². The lowest BCUT2D eigenvalue weighted by atomic mass is 9.84. The maximum atomic E-state index is 4.94. The fourth-order valence-corrected chi connectivity index (χ4v) is 3.11. The molecule has 1 aliphatic rings. The Hall–Kier alpha value is -0.960. The lowest BCUT2D eigenvalue weighted by Gasteiger charge is -2.30. The highest BCUT2D eigenvalue weighted by atomic mass is 32.1. The van der Waals surface area contributed by atoms with Gasteiger partial charge < -0.3 is 4.57 Å². The summed E-state index contributed by atoms with van der Waals surface area (Å²) in [5, 5.41) is 0. The standard InChI is InChI=1S/C17H24N2S/c1-4-17(2,3)16-18-14-10-13(20)8-9-15(14)19(16)11-12-6-5-7-12/h8-10,12,20H,4-7,11H2,1-3H3. The van der Waals surface area contributed by atoms with Crippen LogP contribution in [-0.4, -0.2) is 9.55 Å². The number of hydrogen-bond acceptors (Lipinski definition) is 2. The fraction of sp³-hybridized carbons (Fsp3) is 0.588. The van der Waals surface area contributed by atoms with E-state index in [-0.39, 0.29) is 5.41 Å². The van der Waals surface area contributed by atoms with Gasteiger partial charge in [-0.05, 0) is 43.4 Å². The highest BCUT2D eigenvalue weighted by Gasteiger charge is 2.28. The Labute approximate surface area is 127 Å². The van der Waals surface area contributed by atoms with Gasteiger partial charge in [0.25, 0.3) is 0 Å². The van der Waals surface area contributed by atoms with Crippen LogP contribution in [0.3, 0.4) is 0 Å². The third kappa shape index (κ3) is 2.37. The van der Waals surface area contributed by atoms with Crippen molar-refractivity contribution in [2.45, 2.75) is 63.3 Å². The van der Waals surface area contributed by atoms with Crippen LogP contribution in [0.1, 0.15) is 52.3 Å². The fourth-order valence-electron chi connectivity index (χ4n) is 2.91. The Balaban J connectivity index is 2.12. The molecule has 0 saturated heterocycles. The molecule has 2 nitrogen and oxygen atoms in total. The van der Waals surface area contributed by atoms with Crippen LogP contribution in [-0.2, 0) is 12.0 Å². The van der Waals surface area contributed by atoms with Gasteiger partial charge in [0, 0.05) is 16.9 Å². The third-order valence-corrected chi connectivity index (χ3v) is 5.16. The SMILES string of the molecule is CCC(C)(C)c1nc2cc(S)ccc2n1CC1CCC1. The monoisotopic (exact) mass is 288 g/mol. The van der Waals surface area contributed by atoms with Crippen molar-refractivity contribution in [1.29, 1.82) is 0 Å². The van der Waals surface area contributed by atoms with Gasteiger partial charge in [0.2, 0.25) is 0 Å². The van der Waals surface area contributed by atoms with Crippen LogP contribution < -0.4 is 0 Å². The summed E-state index contributed by atoms with van der Waals surface area (Å²) in [6.07, 6.45) is 5.24. The van der Waals surface area contributed by atoms with E-state index in [1.54, 1.807) is 0 Å². The molecule has 1 heterocycles. The topological polar surface area (TPSA) is 17.8 Å². The molecule has 1 aromatic heterocycles. The molecule has 0 bridgehead atoms. The molecule has 0 radical (unpaired) electrons. The average molecular weight is 288 g/mol. The Bertz CT molecular complexity index is 623. The first kappa shape index (κ1) is 14.0.